The van der Waals surface area contributed by atoms with E-state index in [1.54, 1.807) is 26.1 Å². The molecule has 0 unspecified atom stereocenters. The van der Waals surface area contributed by atoms with E-state index in [1.165, 1.54) is 32.2 Å². The second-order valence-electron chi connectivity index (χ2n) is 14.1. The summed E-state index contributed by atoms with van der Waals surface area (Å²) in [6.07, 6.45) is -8.41. The lowest BCUT2D eigenvalue weighted by Crippen LogP contribution is -2.56. The van der Waals surface area contributed by atoms with Gasteiger partial charge in [0.2, 0.25) is 21.8 Å². The number of halogens is 7. The number of hydrogen-bond acceptors (Lipinski definition) is 8. The van der Waals surface area contributed by atoms with E-state index in [0.717, 1.165) is 26.2 Å². The number of aliphatic carboxylic acids is 1. The van der Waals surface area contributed by atoms with Gasteiger partial charge in [0.15, 0.2) is 0 Å². The number of nitrogens with zero attached hydrogens (tertiary/aromatic N) is 1. The van der Waals surface area contributed by atoms with Crippen molar-refractivity contribution in [2.75, 3.05) is 30.7 Å². The Morgan fingerprint density at radius 3 is 1.79 bits per heavy atom. The number of rotatable bonds is 17. The minimum absolute atomic E-state index is 0.00191. The molecule has 3 aromatic rings. The molecule has 0 saturated carbocycles. The highest BCUT2D eigenvalue weighted by atomic mass is 79.9. The second-order valence-corrected chi connectivity index (χ2v) is 17.0. The van der Waals surface area contributed by atoms with Crippen LogP contribution in [0, 0.1) is 5.92 Å². The Balaban J connectivity index is 0.00000168. The van der Waals surface area contributed by atoms with E-state index in [4.69, 9.17) is 9.90 Å². The van der Waals surface area contributed by atoms with Gasteiger partial charge in [-0.25, -0.2) is 13.2 Å². The molecule has 0 aliphatic carbocycles. The molecule has 14 nitrogen and oxygen atoms in total. The van der Waals surface area contributed by atoms with Crippen LogP contribution in [0.25, 0.3) is 0 Å². The van der Waals surface area contributed by atoms with Crippen molar-refractivity contribution in [3.63, 3.8) is 0 Å². The Morgan fingerprint density at radius 2 is 1.31 bits per heavy atom. The minimum atomic E-state index is -5.08. The van der Waals surface area contributed by atoms with Crippen LogP contribution in [0.1, 0.15) is 65.6 Å². The first-order valence-corrected chi connectivity index (χ1v) is 20.9. The monoisotopic (exact) mass is 952 g/mol. The summed E-state index contributed by atoms with van der Waals surface area (Å²) >= 11 is 3.38. The first kappa shape index (κ1) is 51.9. The van der Waals surface area contributed by atoms with Crippen LogP contribution in [0.3, 0.4) is 0 Å². The molecule has 61 heavy (non-hydrogen) atoms. The summed E-state index contributed by atoms with van der Waals surface area (Å²) in [6.45, 7) is 4.96. The number of benzene rings is 3. The van der Waals surface area contributed by atoms with Gasteiger partial charge in [0.25, 0.3) is 11.8 Å². The van der Waals surface area contributed by atoms with E-state index in [2.05, 4.69) is 37.2 Å². The summed E-state index contributed by atoms with van der Waals surface area (Å²) in [5.41, 5.74) is 1.78. The maximum Gasteiger partial charge on any atom is 0.490 e. The molecule has 0 fully saturated rings. The summed E-state index contributed by atoms with van der Waals surface area (Å²) in [6, 6.07) is 17.3. The average molecular weight is 954 g/mol. The van der Waals surface area contributed by atoms with Crippen LogP contribution in [0.4, 0.5) is 32.0 Å². The number of carboxylic acid groups (broad SMARTS) is 1. The van der Waals surface area contributed by atoms with E-state index < -0.39 is 88.6 Å². The van der Waals surface area contributed by atoms with E-state index in [-0.39, 0.29) is 23.4 Å². The highest BCUT2D eigenvalue weighted by molar-refractivity contribution is 9.10. The molecule has 22 heteroatoms. The van der Waals surface area contributed by atoms with Gasteiger partial charge in [0, 0.05) is 35.2 Å². The molecule has 3 rings (SSSR count). The highest BCUT2D eigenvalue weighted by Crippen LogP contribution is 2.23. The van der Waals surface area contributed by atoms with Crippen LogP contribution >= 0.6 is 15.9 Å². The van der Waals surface area contributed by atoms with Crippen LogP contribution in [-0.4, -0.2) is 100.0 Å². The molecule has 0 spiro atoms. The topological polar surface area (TPSA) is 203 Å². The molecular weight excluding hydrogens is 906 g/mol. The number of carbonyl (C=O) groups is 5. The van der Waals surface area contributed by atoms with Crippen molar-refractivity contribution >= 4 is 61.2 Å². The zero-order valence-corrected chi connectivity index (χ0v) is 36.1. The molecule has 4 atom stereocenters. The zero-order valence-electron chi connectivity index (χ0n) is 33.7. The quantitative estimate of drug-likeness (QED) is 0.0995. The van der Waals surface area contributed by atoms with Crippen molar-refractivity contribution in [3.8, 4) is 0 Å². The summed E-state index contributed by atoms with van der Waals surface area (Å²) in [5, 5.41) is 20.3. The first-order valence-electron chi connectivity index (χ1n) is 18.3. The smallest absolute Gasteiger partial charge is 0.475 e. The zero-order chi connectivity index (χ0) is 46.5. The third kappa shape index (κ3) is 18.1. The van der Waals surface area contributed by atoms with Gasteiger partial charge in [-0.05, 0) is 67.6 Å². The average Bonchev–Trinajstić information content (AvgIpc) is 3.17. The first-order chi connectivity index (χ1) is 28.1. The van der Waals surface area contributed by atoms with Gasteiger partial charge >= 0.3 is 18.3 Å². The molecule has 0 radical (unpaired) electrons. The predicted molar refractivity (Wildman–Crippen MR) is 218 cm³/mol. The third-order valence-electron chi connectivity index (χ3n) is 8.70. The van der Waals surface area contributed by atoms with Crippen molar-refractivity contribution < 1.29 is 63.8 Å². The van der Waals surface area contributed by atoms with Gasteiger partial charge in [-0.1, -0.05) is 72.2 Å². The van der Waals surface area contributed by atoms with E-state index in [9.17, 15) is 53.9 Å². The van der Waals surface area contributed by atoms with Crippen LogP contribution < -0.4 is 30.9 Å². The maximum absolute atomic E-state index is 13.9. The van der Waals surface area contributed by atoms with E-state index in [0.29, 0.717) is 6.42 Å². The standard InChI is InChI=1S/C37H46BrF3N6O6S.C2HF3O2/c1-22(2)32(36(51)43-21-37(39,40)41)46-33(48)24(4)42-20-30(16-25-10-8-7-9-11-25)45-35(50)28-17-27(18-31(19-28)47(5)54(6,52)53)34(49)44-23(3)26-12-14-29(38)15-13-26;3-2(4,5)1(6)7/h7-15,17-19,22-24,30,32,42H,16,20-21H2,1-6H3,(H,43,51)(H,44,49)(H,45,50)(H,46,48);(H,6,7)/t23-,24+,30+,32+;/m1./s1. The number of sulfonamides is 1. The van der Waals surface area contributed by atoms with Gasteiger partial charge in [-0.3, -0.25) is 23.5 Å². The highest BCUT2D eigenvalue weighted by Gasteiger charge is 2.38. The second kappa shape index (κ2) is 22.6. The SMILES string of the molecule is CC(C)[C@H](NC(=O)[C@H](C)NC[C@H](Cc1ccccc1)NC(=O)c1cc(C(=O)N[C@H](C)c2ccc(Br)cc2)cc(N(C)S(C)(=O)=O)c1)C(=O)NCC(F)(F)F.O=C(O)C(F)(F)F. The Kier molecular flexibility index (Phi) is 19.2. The van der Waals surface area contributed by atoms with Crippen molar-refractivity contribution in [1.29, 1.82) is 0 Å². The van der Waals surface area contributed by atoms with E-state index in [1.807, 2.05) is 54.6 Å². The normalized spacial score (nSPS) is 13.7. The van der Waals surface area contributed by atoms with Crippen molar-refractivity contribution in [2.45, 2.75) is 70.6 Å². The fourth-order valence-electron chi connectivity index (χ4n) is 5.23. The van der Waals surface area contributed by atoms with Crippen molar-refractivity contribution in [3.05, 3.63) is 99.5 Å². The summed E-state index contributed by atoms with van der Waals surface area (Å²) in [7, 11) is -2.49. The number of amides is 4. The van der Waals surface area contributed by atoms with E-state index >= 15 is 0 Å². The van der Waals surface area contributed by atoms with Gasteiger partial charge in [-0.15, -0.1) is 0 Å². The lowest BCUT2D eigenvalue weighted by molar-refractivity contribution is -0.192. The number of hydrogen-bond donors (Lipinski definition) is 6. The largest absolute Gasteiger partial charge is 0.490 e. The van der Waals surface area contributed by atoms with Crippen LogP contribution in [0.2, 0.25) is 0 Å². The van der Waals surface area contributed by atoms with Crippen molar-refractivity contribution in [1.82, 2.24) is 26.6 Å². The lowest BCUT2D eigenvalue weighted by Gasteiger charge is -2.26. The molecule has 336 valence electrons. The lowest BCUT2D eigenvalue weighted by atomic mass is 10.0. The van der Waals surface area contributed by atoms with Gasteiger partial charge in [0.05, 0.1) is 24.0 Å². The molecule has 3 aromatic carbocycles. The van der Waals surface area contributed by atoms with Crippen LogP contribution in [0.15, 0.2) is 77.3 Å². The number of anilines is 1. The molecule has 0 aliphatic heterocycles. The van der Waals surface area contributed by atoms with Gasteiger partial charge in [-0.2, -0.15) is 26.3 Å². The molecule has 0 bridgehead atoms. The Morgan fingerprint density at radius 1 is 0.787 bits per heavy atom. The molecular formula is C39H47BrF6N6O8S. The number of carbonyl (C=O) groups excluding carboxylic acids is 4. The Labute approximate surface area is 357 Å². The van der Waals surface area contributed by atoms with Crippen molar-refractivity contribution in [2.24, 2.45) is 5.92 Å². The van der Waals surface area contributed by atoms with Crippen LogP contribution in [0.5, 0.6) is 0 Å². The van der Waals surface area contributed by atoms with Gasteiger partial charge < -0.3 is 31.7 Å². The number of nitrogens with one attached hydrogen (secondary N) is 5. The molecule has 0 aliphatic rings. The molecule has 6 N–H and O–H groups in total. The molecule has 4 amide bonds. The molecule has 0 aromatic heterocycles. The van der Waals surface area contributed by atoms with Gasteiger partial charge in [0.1, 0.15) is 12.6 Å². The summed E-state index contributed by atoms with van der Waals surface area (Å²) in [4.78, 5) is 61.8. The fraction of sp³-hybridized carbons (Fsp3) is 0.410. The number of carboxylic acids is 1. The minimum Gasteiger partial charge on any atom is -0.475 e. The van der Waals surface area contributed by atoms with Crippen LogP contribution in [-0.2, 0) is 30.8 Å². The third-order valence-corrected chi connectivity index (χ3v) is 10.4. The molecule has 0 saturated heterocycles. The maximum atomic E-state index is 13.9. The summed E-state index contributed by atoms with van der Waals surface area (Å²) in [5.74, 6) is -6.07. The predicted octanol–water partition coefficient (Wildman–Crippen LogP) is 5.11. The fourth-order valence-corrected chi connectivity index (χ4v) is 5.98. The molecule has 0 heterocycles. The Hall–Kier alpha value is -5.22. The Bertz CT molecular complexity index is 2090. The summed E-state index contributed by atoms with van der Waals surface area (Å²) < 4.78 is 96.6. The number of alkyl halides is 6.